The zero-order valence-corrected chi connectivity index (χ0v) is 17.7. The summed E-state index contributed by atoms with van der Waals surface area (Å²) in [5.41, 5.74) is 0. The molecule has 1 saturated carbocycles. The Bertz CT molecular complexity index is 430. The second-order valence-electron chi connectivity index (χ2n) is 7.13. The van der Waals surface area contributed by atoms with E-state index in [2.05, 4.69) is 27.7 Å². The van der Waals surface area contributed by atoms with Gasteiger partial charge in [0, 0.05) is 11.7 Å². The van der Waals surface area contributed by atoms with Crippen molar-refractivity contribution >= 4 is 26.8 Å². The van der Waals surface area contributed by atoms with Gasteiger partial charge in [-0.05, 0) is 57.9 Å². The zero-order valence-electron chi connectivity index (χ0n) is 16.0. The minimum atomic E-state index is -3.94. The molecule has 0 saturated heterocycles. The van der Waals surface area contributed by atoms with Crippen LogP contribution in [-0.4, -0.2) is 40.8 Å². The van der Waals surface area contributed by atoms with Crippen LogP contribution in [0.25, 0.3) is 0 Å². The maximum atomic E-state index is 12.2. The lowest BCUT2D eigenvalue weighted by Crippen LogP contribution is -2.34. The molecule has 6 heteroatoms. The van der Waals surface area contributed by atoms with Crippen molar-refractivity contribution < 1.29 is 17.8 Å². The van der Waals surface area contributed by atoms with Crippen LogP contribution in [0, 0.1) is 5.92 Å². The Morgan fingerprint density at radius 3 is 1.92 bits per heavy atom. The van der Waals surface area contributed by atoms with E-state index < -0.39 is 10.1 Å². The van der Waals surface area contributed by atoms with Crippen LogP contribution in [0.1, 0.15) is 79.6 Å². The minimum absolute atomic E-state index is 0.219. The number of ketones is 1. The molecule has 0 aromatic carbocycles. The van der Waals surface area contributed by atoms with E-state index in [1.807, 2.05) is 6.92 Å². The van der Waals surface area contributed by atoms with Gasteiger partial charge >= 0.3 is 0 Å². The lowest BCUT2D eigenvalue weighted by Gasteiger charge is -2.22. The number of hydrogen-bond donors (Lipinski definition) is 0. The van der Waals surface area contributed by atoms with Crippen LogP contribution in [-0.2, 0) is 25.8 Å². The molecular formula is C18H36O4S2. The van der Waals surface area contributed by atoms with Gasteiger partial charge in [0.2, 0.25) is 0 Å². The smallest absolute Gasteiger partial charge is 0.184 e. The van der Waals surface area contributed by atoms with Gasteiger partial charge in [-0.2, -0.15) is 0 Å². The number of carbonyl (C=O) groups excluding carboxylic acids is 1. The topological polar surface area (TPSA) is 74.3 Å². The van der Waals surface area contributed by atoms with Crippen LogP contribution >= 0.6 is 0 Å². The maximum Gasteiger partial charge on any atom is 0.184 e. The van der Waals surface area contributed by atoms with Crippen molar-refractivity contribution in [1.82, 2.24) is 0 Å². The van der Waals surface area contributed by atoms with E-state index >= 15 is 0 Å². The third-order valence-electron chi connectivity index (χ3n) is 4.33. The molecule has 24 heavy (non-hydrogen) atoms. The molecule has 0 amide bonds. The lowest BCUT2D eigenvalue weighted by atomic mass is 9.87. The summed E-state index contributed by atoms with van der Waals surface area (Å²) in [7, 11) is -3.65. The average Bonchev–Trinajstić information content (AvgIpc) is 2.50. The number of rotatable bonds is 8. The Morgan fingerprint density at radius 2 is 1.58 bits per heavy atom. The zero-order chi connectivity index (χ0) is 18.8. The summed E-state index contributed by atoms with van der Waals surface area (Å²) in [4.78, 5) is 12.2. The van der Waals surface area contributed by atoms with Crippen molar-refractivity contribution in [3.63, 3.8) is 0 Å². The van der Waals surface area contributed by atoms with Crippen LogP contribution in [0.4, 0.5) is 0 Å². The normalized spacial score (nSPS) is 16.4. The number of carbonyl (C=O) groups is 1. The van der Waals surface area contributed by atoms with Crippen molar-refractivity contribution in [2.75, 3.05) is 11.5 Å². The summed E-state index contributed by atoms with van der Waals surface area (Å²) in [5, 5.41) is 1.32. The van der Waals surface area contributed by atoms with Gasteiger partial charge in [0.25, 0.3) is 0 Å². The number of hydrogen-bond acceptors (Lipinski definition) is 4. The SMILES string of the molecule is CC(C)[S+](CC(=O)C1CCCCC1)C(C)C.CCCCS(=O)(=O)[O-]. The monoisotopic (exact) mass is 380 g/mol. The van der Waals surface area contributed by atoms with E-state index in [1.54, 1.807) is 0 Å². The summed E-state index contributed by atoms with van der Waals surface area (Å²) in [6.45, 7) is 10.9. The maximum absolute atomic E-state index is 12.2. The van der Waals surface area contributed by atoms with E-state index in [0.717, 1.165) is 25.0 Å². The molecule has 144 valence electrons. The van der Waals surface area contributed by atoms with Crippen molar-refractivity contribution in [2.45, 2.75) is 90.1 Å². The van der Waals surface area contributed by atoms with Crippen molar-refractivity contribution in [3.8, 4) is 0 Å². The largest absolute Gasteiger partial charge is 0.748 e. The van der Waals surface area contributed by atoms with Gasteiger partial charge in [-0.15, -0.1) is 0 Å². The summed E-state index contributed by atoms with van der Waals surface area (Å²) < 4.78 is 29.5. The third-order valence-corrected chi connectivity index (χ3v) is 8.16. The number of unbranched alkanes of at least 4 members (excludes halogenated alkanes) is 1. The van der Waals surface area contributed by atoms with E-state index in [9.17, 15) is 17.8 Å². The highest BCUT2D eigenvalue weighted by Gasteiger charge is 2.33. The second kappa shape index (κ2) is 12.3. The van der Waals surface area contributed by atoms with E-state index in [1.165, 1.54) is 19.3 Å². The molecule has 1 aliphatic rings. The van der Waals surface area contributed by atoms with Crippen LogP contribution in [0.3, 0.4) is 0 Å². The van der Waals surface area contributed by atoms with Crippen LogP contribution in [0.5, 0.6) is 0 Å². The van der Waals surface area contributed by atoms with Crippen molar-refractivity contribution in [1.29, 1.82) is 0 Å². The van der Waals surface area contributed by atoms with Crippen LogP contribution in [0.2, 0.25) is 0 Å². The average molecular weight is 381 g/mol. The summed E-state index contributed by atoms with van der Waals surface area (Å²) in [5.74, 6) is 1.59. The molecule has 0 radical (unpaired) electrons. The Balaban J connectivity index is 0.000000561. The first-order valence-electron chi connectivity index (χ1n) is 9.23. The highest BCUT2D eigenvalue weighted by Crippen LogP contribution is 2.26. The Morgan fingerprint density at radius 1 is 1.08 bits per heavy atom. The van der Waals surface area contributed by atoms with Crippen LogP contribution < -0.4 is 0 Å². The highest BCUT2D eigenvalue weighted by atomic mass is 32.2. The molecule has 1 rings (SSSR count). The van der Waals surface area contributed by atoms with Crippen LogP contribution in [0.15, 0.2) is 0 Å². The molecule has 0 spiro atoms. The van der Waals surface area contributed by atoms with Gasteiger partial charge in [-0.25, -0.2) is 8.42 Å². The quantitative estimate of drug-likeness (QED) is 0.473. The molecule has 1 fully saturated rings. The standard InChI is InChI=1S/C14H27OS.C4H10O3S/c1-11(2)16(12(3)4)10-14(15)13-8-6-5-7-9-13;1-2-3-4-8(5,6)7/h11-13H,5-10H2,1-4H3;2-4H2,1H3,(H,5,6,7)/q+1;/p-1. The van der Waals surface area contributed by atoms with Gasteiger partial charge in [0.15, 0.2) is 11.5 Å². The van der Waals surface area contributed by atoms with Gasteiger partial charge in [-0.3, -0.25) is 4.79 Å². The predicted octanol–water partition coefficient (Wildman–Crippen LogP) is 3.90. The predicted molar refractivity (Wildman–Crippen MR) is 104 cm³/mol. The minimum Gasteiger partial charge on any atom is -0.748 e. The molecule has 0 heterocycles. The van der Waals surface area contributed by atoms with E-state index in [4.69, 9.17) is 0 Å². The number of Topliss-reactive ketones (excluding diaryl/α,β-unsaturated/α-hetero) is 1. The highest BCUT2D eigenvalue weighted by molar-refractivity contribution is 7.98. The molecule has 0 aromatic rings. The summed E-state index contributed by atoms with van der Waals surface area (Å²) in [6, 6.07) is 0. The molecule has 0 aliphatic heterocycles. The molecule has 0 atom stereocenters. The van der Waals surface area contributed by atoms with Gasteiger partial charge in [-0.1, -0.05) is 32.6 Å². The Kier molecular flexibility index (Phi) is 12.3. The molecule has 1 aliphatic carbocycles. The summed E-state index contributed by atoms with van der Waals surface area (Å²) >= 11 is 0. The lowest BCUT2D eigenvalue weighted by molar-refractivity contribution is -0.121. The molecule has 4 nitrogen and oxygen atoms in total. The van der Waals surface area contributed by atoms with E-state index in [-0.39, 0.29) is 5.75 Å². The Hall–Kier alpha value is -0.0700. The summed E-state index contributed by atoms with van der Waals surface area (Å²) in [6.07, 6.45) is 7.43. The first kappa shape index (κ1) is 23.9. The fraction of sp³-hybridized carbons (Fsp3) is 0.944. The van der Waals surface area contributed by atoms with E-state index in [0.29, 0.717) is 39.5 Å². The molecular weight excluding hydrogens is 344 g/mol. The molecule has 0 aromatic heterocycles. The molecule has 0 bridgehead atoms. The van der Waals surface area contributed by atoms with Gasteiger partial charge in [0.1, 0.15) is 10.5 Å². The Labute approximate surface area is 152 Å². The fourth-order valence-corrected chi connectivity index (χ4v) is 5.87. The molecule has 0 unspecified atom stereocenters. The third kappa shape index (κ3) is 11.5. The fourth-order valence-electron chi connectivity index (χ4n) is 2.91. The molecule has 0 N–H and O–H groups in total. The van der Waals surface area contributed by atoms with Gasteiger partial charge in [0.05, 0.1) is 10.1 Å². The van der Waals surface area contributed by atoms with Gasteiger partial charge < -0.3 is 4.55 Å². The first-order valence-corrected chi connectivity index (χ1v) is 12.3. The van der Waals surface area contributed by atoms with Crippen molar-refractivity contribution in [2.24, 2.45) is 5.92 Å². The first-order chi connectivity index (χ1) is 11.1. The second-order valence-corrected chi connectivity index (χ2v) is 11.8. The van der Waals surface area contributed by atoms with Crippen molar-refractivity contribution in [3.05, 3.63) is 0 Å².